The van der Waals surface area contributed by atoms with Crippen LogP contribution in [0.25, 0.3) is 0 Å². The summed E-state index contributed by atoms with van der Waals surface area (Å²) in [5.74, 6) is -0.287. The molecule has 15 heavy (non-hydrogen) atoms. The standard InChI is InChI=1S/C12H15F2N/c1-9-2-3-11(13)6-10(9)7-12(14)4-5-15-8-12/h2-3,6,15H,4-5,7-8H2,1H3. The van der Waals surface area contributed by atoms with E-state index in [1.165, 1.54) is 12.1 Å². The molecule has 0 bridgehead atoms. The molecule has 1 N–H and O–H groups in total. The zero-order valence-electron chi connectivity index (χ0n) is 8.82. The second kappa shape index (κ2) is 3.89. The molecule has 1 saturated heterocycles. The van der Waals surface area contributed by atoms with Crippen LogP contribution >= 0.6 is 0 Å². The summed E-state index contributed by atoms with van der Waals surface area (Å²) in [6.07, 6.45) is 0.826. The highest BCUT2D eigenvalue weighted by Gasteiger charge is 2.33. The van der Waals surface area contributed by atoms with Crippen molar-refractivity contribution in [2.45, 2.75) is 25.4 Å². The third-order valence-electron chi connectivity index (χ3n) is 3.01. The lowest BCUT2D eigenvalue weighted by atomic mass is 9.93. The Morgan fingerprint density at radius 2 is 2.27 bits per heavy atom. The molecule has 1 heterocycles. The van der Waals surface area contributed by atoms with Gasteiger partial charge in [-0.2, -0.15) is 0 Å². The monoisotopic (exact) mass is 211 g/mol. The first-order chi connectivity index (χ1) is 7.09. The van der Waals surface area contributed by atoms with Crippen molar-refractivity contribution in [3.05, 3.63) is 35.1 Å². The van der Waals surface area contributed by atoms with Gasteiger partial charge in [-0.25, -0.2) is 8.78 Å². The van der Waals surface area contributed by atoms with Crippen molar-refractivity contribution in [2.24, 2.45) is 0 Å². The van der Waals surface area contributed by atoms with E-state index >= 15 is 0 Å². The van der Waals surface area contributed by atoms with Crippen LogP contribution in [-0.2, 0) is 6.42 Å². The van der Waals surface area contributed by atoms with Crippen LogP contribution in [0.3, 0.4) is 0 Å². The highest BCUT2D eigenvalue weighted by molar-refractivity contribution is 5.28. The lowest BCUT2D eigenvalue weighted by Crippen LogP contribution is -2.29. The summed E-state index contributed by atoms with van der Waals surface area (Å²) in [7, 11) is 0. The zero-order valence-corrected chi connectivity index (χ0v) is 8.82. The fraction of sp³-hybridized carbons (Fsp3) is 0.500. The zero-order chi connectivity index (χ0) is 10.9. The summed E-state index contributed by atoms with van der Waals surface area (Å²) >= 11 is 0. The lowest BCUT2D eigenvalue weighted by molar-refractivity contribution is 0.190. The Morgan fingerprint density at radius 1 is 1.47 bits per heavy atom. The van der Waals surface area contributed by atoms with Crippen molar-refractivity contribution < 1.29 is 8.78 Å². The molecule has 1 fully saturated rings. The fourth-order valence-electron chi connectivity index (χ4n) is 2.04. The van der Waals surface area contributed by atoms with Crippen LogP contribution in [0.4, 0.5) is 8.78 Å². The molecule has 1 aliphatic rings. The van der Waals surface area contributed by atoms with E-state index in [4.69, 9.17) is 0 Å². The molecule has 1 aromatic carbocycles. The quantitative estimate of drug-likeness (QED) is 0.792. The number of nitrogens with one attached hydrogen (secondary N) is 1. The summed E-state index contributed by atoms with van der Waals surface area (Å²) in [4.78, 5) is 0. The van der Waals surface area contributed by atoms with Crippen molar-refractivity contribution in [1.82, 2.24) is 5.32 Å². The van der Waals surface area contributed by atoms with Crippen molar-refractivity contribution >= 4 is 0 Å². The Labute approximate surface area is 88.5 Å². The maximum absolute atomic E-state index is 14.1. The molecule has 0 aromatic heterocycles. The number of benzene rings is 1. The number of rotatable bonds is 2. The second-order valence-corrected chi connectivity index (χ2v) is 4.33. The van der Waals surface area contributed by atoms with Gasteiger partial charge in [0, 0.05) is 13.0 Å². The van der Waals surface area contributed by atoms with Gasteiger partial charge in [0.1, 0.15) is 11.5 Å². The first kappa shape index (κ1) is 10.6. The van der Waals surface area contributed by atoms with E-state index in [-0.39, 0.29) is 5.82 Å². The largest absolute Gasteiger partial charge is 0.313 e. The van der Waals surface area contributed by atoms with Crippen LogP contribution in [0.2, 0.25) is 0 Å². The van der Waals surface area contributed by atoms with E-state index in [2.05, 4.69) is 5.32 Å². The van der Waals surface area contributed by atoms with Gasteiger partial charge in [0.15, 0.2) is 0 Å². The molecule has 1 atom stereocenters. The lowest BCUT2D eigenvalue weighted by Gasteiger charge is -2.19. The molecule has 2 rings (SSSR count). The first-order valence-electron chi connectivity index (χ1n) is 5.24. The molecule has 82 valence electrons. The molecule has 0 amide bonds. The van der Waals surface area contributed by atoms with E-state index in [1.807, 2.05) is 6.92 Å². The normalized spacial score (nSPS) is 25.8. The molecular formula is C12H15F2N. The predicted octanol–water partition coefficient (Wildman–Crippen LogP) is 2.38. The van der Waals surface area contributed by atoms with E-state index in [9.17, 15) is 8.78 Å². The van der Waals surface area contributed by atoms with Gasteiger partial charge in [-0.05, 0) is 43.1 Å². The van der Waals surface area contributed by atoms with Gasteiger partial charge in [0.25, 0.3) is 0 Å². The molecule has 0 spiro atoms. The third kappa shape index (κ3) is 2.34. The fourth-order valence-corrected chi connectivity index (χ4v) is 2.04. The van der Waals surface area contributed by atoms with Gasteiger partial charge in [-0.1, -0.05) is 6.07 Å². The summed E-state index contributed by atoms with van der Waals surface area (Å²) in [5, 5.41) is 3.00. The minimum Gasteiger partial charge on any atom is -0.313 e. The third-order valence-corrected chi connectivity index (χ3v) is 3.01. The van der Waals surface area contributed by atoms with Crippen molar-refractivity contribution in [1.29, 1.82) is 0 Å². The molecule has 1 aliphatic heterocycles. The van der Waals surface area contributed by atoms with Crippen LogP contribution in [0, 0.1) is 12.7 Å². The maximum Gasteiger partial charge on any atom is 0.128 e. The van der Waals surface area contributed by atoms with Gasteiger partial charge < -0.3 is 5.32 Å². The van der Waals surface area contributed by atoms with Crippen LogP contribution < -0.4 is 5.32 Å². The summed E-state index contributed by atoms with van der Waals surface area (Å²) in [6.45, 7) is 2.98. The van der Waals surface area contributed by atoms with Crippen LogP contribution in [-0.4, -0.2) is 18.8 Å². The summed E-state index contributed by atoms with van der Waals surface area (Å²) < 4.78 is 27.1. The Balaban J connectivity index is 2.19. The van der Waals surface area contributed by atoms with Crippen molar-refractivity contribution in [3.63, 3.8) is 0 Å². The molecule has 1 aromatic rings. The van der Waals surface area contributed by atoms with Crippen LogP contribution in [0.1, 0.15) is 17.5 Å². The predicted molar refractivity (Wildman–Crippen MR) is 56.2 cm³/mol. The number of aryl methyl sites for hydroxylation is 1. The SMILES string of the molecule is Cc1ccc(F)cc1CC1(F)CCNC1. The molecule has 1 nitrogen and oxygen atoms in total. The minimum atomic E-state index is -1.20. The smallest absolute Gasteiger partial charge is 0.128 e. The number of alkyl halides is 1. The van der Waals surface area contributed by atoms with Crippen LogP contribution in [0.15, 0.2) is 18.2 Å². The first-order valence-corrected chi connectivity index (χ1v) is 5.24. The van der Waals surface area contributed by atoms with Crippen molar-refractivity contribution in [3.8, 4) is 0 Å². The summed E-state index contributed by atoms with van der Waals surface area (Å²) in [6, 6.07) is 4.56. The molecule has 1 unspecified atom stereocenters. The number of hydrogen-bond donors (Lipinski definition) is 1. The second-order valence-electron chi connectivity index (χ2n) is 4.33. The number of halogens is 2. The van der Waals surface area contributed by atoms with Crippen LogP contribution in [0.5, 0.6) is 0 Å². The van der Waals surface area contributed by atoms with Gasteiger partial charge in [-0.3, -0.25) is 0 Å². The van der Waals surface area contributed by atoms with E-state index in [1.54, 1.807) is 6.07 Å². The number of hydrogen-bond acceptors (Lipinski definition) is 1. The van der Waals surface area contributed by atoms with Gasteiger partial charge in [-0.15, -0.1) is 0 Å². The molecular weight excluding hydrogens is 196 g/mol. The Hall–Kier alpha value is -0.960. The maximum atomic E-state index is 14.1. The van der Waals surface area contributed by atoms with Crippen molar-refractivity contribution in [2.75, 3.05) is 13.1 Å². The highest BCUT2D eigenvalue weighted by atomic mass is 19.1. The van der Waals surface area contributed by atoms with E-state index < -0.39 is 5.67 Å². The average molecular weight is 211 g/mol. The highest BCUT2D eigenvalue weighted by Crippen LogP contribution is 2.26. The Bertz CT molecular complexity index is 357. The van der Waals surface area contributed by atoms with E-state index in [0.717, 1.165) is 11.1 Å². The molecule has 3 heteroatoms. The van der Waals surface area contributed by atoms with Gasteiger partial charge in [0.2, 0.25) is 0 Å². The molecule has 0 aliphatic carbocycles. The Morgan fingerprint density at radius 3 is 2.93 bits per heavy atom. The molecule has 0 radical (unpaired) electrons. The summed E-state index contributed by atoms with van der Waals surface area (Å²) in [5.41, 5.74) is 0.542. The minimum absolute atomic E-state index is 0.287. The van der Waals surface area contributed by atoms with Gasteiger partial charge >= 0.3 is 0 Å². The van der Waals surface area contributed by atoms with Gasteiger partial charge in [0.05, 0.1) is 0 Å². The average Bonchev–Trinajstić information content (AvgIpc) is 2.59. The topological polar surface area (TPSA) is 12.0 Å². The Kier molecular flexibility index (Phi) is 2.74. The molecule has 0 saturated carbocycles. The van der Waals surface area contributed by atoms with E-state index in [0.29, 0.717) is 25.9 Å².